The normalized spacial score (nSPS) is 13.5. The molecule has 2 heterocycles. The summed E-state index contributed by atoms with van der Waals surface area (Å²) in [4.78, 5) is 41.1. The second-order valence-corrected chi connectivity index (χ2v) is 14.3. The number of hydrogen-bond donors (Lipinski definition) is 4. The third-order valence-corrected chi connectivity index (χ3v) is 7.48. The van der Waals surface area contributed by atoms with E-state index in [1.165, 1.54) is 0 Å². The van der Waals surface area contributed by atoms with Gasteiger partial charge in [-0.25, -0.2) is 14.8 Å². The van der Waals surface area contributed by atoms with E-state index < -0.39 is 17.1 Å². The fourth-order valence-electron chi connectivity index (χ4n) is 4.86. The minimum atomic E-state index is -0.576. The Labute approximate surface area is 267 Å². The Hall–Kier alpha value is -4.40. The summed E-state index contributed by atoms with van der Waals surface area (Å²) in [5, 5.41) is 6.10. The predicted octanol–water partition coefficient (Wildman–Crippen LogP) is 8.22. The lowest BCUT2D eigenvalue weighted by Crippen LogP contribution is -2.39. The Balaban J connectivity index is 1.45. The monoisotopic (exact) mass is 612 g/mol. The zero-order chi connectivity index (χ0) is 33.1. The van der Waals surface area contributed by atoms with Crippen LogP contribution in [-0.4, -0.2) is 37.5 Å². The number of ether oxygens (including phenoxy) is 1. The Bertz CT molecular complexity index is 1590. The third kappa shape index (κ3) is 8.62. The van der Waals surface area contributed by atoms with E-state index in [0.717, 1.165) is 39.5 Å². The van der Waals surface area contributed by atoms with Crippen LogP contribution in [0, 0.1) is 17.3 Å². The summed E-state index contributed by atoms with van der Waals surface area (Å²) < 4.78 is 5.45. The highest BCUT2D eigenvalue weighted by Crippen LogP contribution is 2.29. The molecule has 0 radical (unpaired) electrons. The van der Waals surface area contributed by atoms with E-state index in [2.05, 4.69) is 92.9 Å². The van der Waals surface area contributed by atoms with Gasteiger partial charge in [-0.3, -0.25) is 4.79 Å². The van der Waals surface area contributed by atoms with Crippen molar-refractivity contribution in [1.82, 2.24) is 30.6 Å². The van der Waals surface area contributed by atoms with Crippen molar-refractivity contribution < 1.29 is 14.3 Å². The van der Waals surface area contributed by atoms with Crippen LogP contribution in [0.25, 0.3) is 33.6 Å². The number of H-pyrrole nitrogens is 2. The standard InChI is InChI=1S/C36H48N6O3/c1-21(2)29(41-33(43)35(5,6)7)31-37-19-27(39-31)25-15-11-23(12-16-25)24-13-17-26(18-14-24)28-20-38-32(40-28)30(22(3)4)42-34(44)45-36(8,9)10/h11-22,29-30H,1-10H3,(H,37,39)(H,38,40)(H,41,43)(H,42,44). The number of nitrogens with one attached hydrogen (secondary N) is 4. The highest BCUT2D eigenvalue weighted by Gasteiger charge is 2.28. The molecule has 0 aliphatic rings. The van der Waals surface area contributed by atoms with E-state index in [1.807, 2.05) is 61.6 Å². The topological polar surface area (TPSA) is 125 Å². The number of carbonyl (C=O) groups excluding carboxylic acids is 2. The predicted molar refractivity (Wildman–Crippen MR) is 179 cm³/mol. The Morgan fingerprint density at radius 1 is 0.644 bits per heavy atom. The number of alkyl carbamates (subject to hydrolysis) is 1. The smallest absolute Gasteiger partial charge is 0.408 e. The first-order chi connectivity index (χ1) is 21.0. The second-order valence-electron chi connectivity index (χ2n) is 14.3. The maximum absolute atomic E-state index is 12.7. The zero-order valence-electron chi connectivity index (χ0n) is 28.2. The third-order valence-electron chi connectivity index (χ3n) is 7.48. The second kappa shape index (κ2) is 13.3. The maximum atomic E-state index is 12.7. The molecule has 2 atom stereocenters. The summed E-state index contributed by atoms with van der Waals surface area (Å²) >= 11 is 0. The van der Waals surface area contributed by atoms with E-state index in [9.17, 15) is 9.59 Å². The van der Waals surface area contributed by atoms with E-state index in [0.29, 0.717) is 5.82 Å². The number of carbonyl (C=O) groups is 2. The summed E-state index contributed by atoms with van der Waals surface area (Å²) in [6, 6.07) is 16.1. The van der Waals surface area contributed by atoms with E-state index in [-0.39, 0.29) is 29.8 Å². The van der Waals surface area contributed by atoms with Crippen LogP contribution < -0.4 is 10.6 Å². The van der Waals surface area contributed by atoms with Gasteiger partial charge < -0.3 is 25.3 Å². The summed E-state index contributed by atoms with van der Waals surface area (Å²) in [7, 11) is 0. The van der Waals surface area contributed by atoms with E-state index in [4.69, 9.17) is 4.74 Å². The van der Waals surface area contributed by atoms with Gasteiger partial charge in [0.15, 0.2) is 0 Å². The number of benzene rings is 2. The first kappa shape index (κ1) is 33.5. The average Bonchev–Trinajstić information content (AvgIpc) is 3.64. The molecule has 0 saturated heterocycles. The van der Waals surface area contributed by atoms with Crippen LogP contribution in [0.1, 0.15) is 93.0 Å². The minimum absolute atomic E-state index is 0.00236. The number of amides is 2. The molecule has 0 bridgehead atoms. The van der Waals surface area contributed by atoms with Crippen molar-refractivity contribution >= 4 is 12.0 Å². The van der Waals surface area contributed by atoms with Crippen molar-refractivity contribution in [3.8, 4) is 33.6 Å². The van der Waals surface area contributed by atoms with Crippen molar-refractivity contribution in [2.45, 2.75) is 86.9 Å². The number of imidazole rings is 2. The largest absolute Gasteiger partial charge is 0.444 e. The number of nitrogens with zero attached hydrogens (tertiary/aromatic N) is 2. The van der Waals surface area contributed by atoms with Crippen LogP contribution in [0.3, 0.4) is 0 Å². The molecule has 4 aromatic rings. The molecule has 0 spiro atoms. The minimum Gasteiger partial charge on any atom is -0.444 e. The van der Waals surface area contributed by atoms with Gasteiger partial charge in [0.2, 0.25) is 5.91 Å². The van der Waals surface area contributed by atoms with Crippen LogP contribution in [0.15, 0.2) is 60.9 Å². The number of aromatic nitrogens is 4. The first-order valence-electron chi connectivity index (χ1n) is 15.6. The maximum Gasteiger partial charge on any atom is 0.408 e. The van der Waals surface area contributed by atoms with Gasteiger partial charge in [-0.05, 0) is 54.9 Å². The molecule has 9 nitrogen and oxygen atoms in total. The number of rotatable bonds is 9. The van der Waals surface area contributed by atoms with Crippen LogP contribution in [-0.2, 0) is 9.53 Å². The molecule has 4 rings (SSSR count). The first-order valence-corrected chi connectivity index (χ1v) is 15.6. The molecule has 4 N–H and O–H groups in total. The van der Waals surface area contributed by atoms with Crippen LogP contribution in [0.5, 0.6) is 0 Å². The van der Waals surface area contributed by atoms with Crippen molar-refractivity contribution in [2.75, 3.05) is 0 Å². The molecule has 2 amide bonds. The molecule has 2 aromatic carbocycles. The Morgan fingerprint density at radius 3 is 1.38 bits per heavy atom. The molecule has 240 valence electrons. The lowest BCUT2D eigenvalue weighted by atomic mass is 9.94. The van der Waals surface area contributed by atoms with Crippen LogP contribution in [0.4, 0.5) is 4.79 Å². The molecule has 2 aromatic heterocycles. The van der Waals surface area contributed by atoms with Gasteiger partial charge in [-0.15, -0.1) is 0 Å². The van der Waals surface area contributed by atoms with Gasteiger partial charge in [0.05, 0.1) is 35.9 Å². The van der Waals surface area contributed by atoms with Crippen molar-refractivity contribution in [1.29, 1.82) is 0 Å². The van der Waals surface area contributed by atoms with Crippen molar-refractivity contribution in [3.63, 3.8) is 0 Å². The van der Waals surface area contributed by atoms with Crippen LogP contribution in [0.2, 0.25) is 0 Å². The van der Waals surface area contributed by atoms with Gasteiger partial charge in [-0.2, -0.15) is 0 Å². The van der Waals surface area contributed by atoms with E-state index >= 15 is 0 Å². The van der Waals surface area contributed by atoms with Gasteiger partial charge >= 0.3 is 6.09 Å². The van der Waals surface area contributed by atoms with E-state index in [1.54, 1.807) is 6.20 Å². The highest BCUT2D eigenvalue weighted by molar-refractivity contribution is 5.81. The van der Waals surface area contributed by atoms with Crippen LogP contribution >= 0.6 is 0 Å². The Morgan fingerprint density at radius 2 is 1.02 bits per heavy atom. The van der Waals surface area contributed by atoms with Gasteiger partial charge in [0, 0.05) is 5.41 Å². The van der Waals surface area contributed by atoms with Crippen molar-refractivity contribution in [3.05, 3.63) is 72.6 Å². The fraction of sp³-hybridized carbons (Fsp3) is 0.444. The summed E-state index contributed by atoms with van der Waals surface area (Å²) in [5.74, 6) is 1.72. The Kier molecular flexibility index (Phi) is 9.90. The molecule has 0 saturated carbocycles. The molecular formula is C36H48N6O3. The lowest BCUT2D eigenvalue weighted by molar-refractivity contribution is -0.129. The number of aromatic amines is 2. The summed E-state index contributed by atoms with van der Waals surface area (Å²) in [5.41, 5.74) is 4.92. The molecule has 0 aliphatic heterocycles. The zero-order valence-corrected chi connectivity index (χ0v) is 28.2. The number of hydrogen-bond acceptors (Lipinski definition) is 5. The van der Waals surface area contributed by atoms with Gasteiger partial charge in [0.1, 0.15) is 17.2 Å². The molecule has 9 heteroatoms. The molecular weight excluding hydrogens is 564 g/mol. The SMILES string of the molecule is CC(C)C(NC(=O)OC(C)(C)C)c1ncc(-c2ccc(-c3ccc(-c4cnc(C(NC(=O)C(C)(C)C)C(C)C)[nH]4)cc3)cc2)[nH]1. The average molecular weight is 613 g/mol. The van der Waals surface area contributed by atoms with Crippen molar-refractivity contribution in [2.24, 2.45) is 17.3 Å². The molecule has 2 unspecified atom stereocenters. The molecule has 0 aliphatic carbocycles. The summed E-state index contributed by atoms with van der Waals surface area (Å²) in [6.07, 6.45) is 3.15. The summed E-state index contributed by atoms with van der Waals surface area (Å²) in [6.45, 7) is 19.5. The lowest BCUT2D eigenvalue weighted by Gasteiger charge is -2.25. The quantitative estimate of drug-likeness (QED) is 0.152. The molecule has 0 fully saturated rings. The molecule has 45 heavy (non-hydrogen) atoms. The van der Waals surface area contributed by atoms with Gasteiger partial charge in [0.25, 0.3) is 0 Å². The van der Waals surface area contributed by atoms with Gasteiger partial charge in [-0.1, -0.05) is 97.0 Å². The fourth-order valence-corrected chi connectivity index (χ4v) is 4.86. The highest BCUT2D eigenvalue weighted by atomic mass is 16.6.